The normalized spacial score (nSPS) is 30.0. The van der Waals surface area contributed by atoms with Crippen molar-refractivity contribution >= 4 is 11.8 Å². The van der Waals surface area contributed by atoms with Gasteiger partial charge >= 0.3 is 0 Å². The highest BCUT2D eigenvalue weighted by atomic mass is 32.2. The van der Waals surface area contributed by atoms with Crippen LogP contribution in [0.25, 0.3) is 0 Å². The van der Waals surface area contributed by atoms with Gasteiger partial charge in [0.2, 0.25) is 0 Å². The van der Waals surface area contributed by atoms with Gasteiger partial charge in [0.1, 0.15) is 0 Å². The van der Waals surface area contributed by atoms with Crippen molar-refractivity contribution in [3.63, 3.8) is 0 Å². The zero-order valence-electron chi connectivity index (χ0n) is 8.84. The van der Waals surface area contributed by atoms with E-state index in [2.05, 4.69) is 19.2 Å². The predicted octanol–water partition coefficient (Wildman–Crippen LogP) is 1.49. The zero-order valence-corrected chi connectivity index (χ0v) is 9.66. The molecular weight excluding hydrogens is 182 g/mol. The van der Waals surface area contributed by atoms with Crippen molar-refractivity contribution in [2.75, 3.05) is 18.1 Å². The Morgan fingerprint density at radius 2 is 2.31 bits per heavy atom. The summed E-state index contributed by atoms with van der Waals surface area (Å²) in [5.74, 6) is 2.45. The highest BCUT2D eigenvalue weighted by molar-refractivity contribution is 7.99. The molecule has 1 aliphatic heterocycles. The number of aliphatic hydroxyl groups excluding tert-OH is 1. The third-order valence-electron chi connectivity index (χ3n) is 2.40. The number of thioether (sulfide) groups is 1. The Balaban J connectivity index is 2.34. The Hall–Kier alpha value is 0.270. The van der Waals surface area contributed by atoms with E-state index in [1.54, 1.807) is 0 Å². The zero-order chi connectivity index (χ0) is 9.90. The van der Waals surface area contributed by atoms with Crippen molar-refractivity contribution in [2.45, 2.75) is 39.3 Å². The van der Waals surface area contributed by atoms with E-state index in [9.17, 15) is 0 Å². The molecule has 1 heterocycles. The minimum Gasteiger partial charge on any atom is -0.395 e. The van der Waals surface area contributed by atoms with Crippen molar-refractivity contribution in [1.29, 1.82) is 0 Å². The Morgan fingerprint density at radius 3 is 2.85 bits per heavy atom. The Labute approximate surface area is 85.5 Å². The van der Waals surface area contributed by atoms with Gasteiger partial charge in [0.05, 0.1) is 6.61 Å². The first kappa shape index (κ1) is 11.3. The summed E-state index contributed by atoms with van der Waals surface area (Å²) >= 11 is 2.02. The van der Waals surface area contributed by atoms with Crippen LogP contribution < -0.4 is 5.32 Å². The second kappa shape index (κ2) is 4.67. The molecule has 1 aliphatic rings. The van der Waals surface area contributed by atoms with Gasteiger partial charge in [-0.05, 0) is 24.5 Å². The Kier molecular flexibility index (Phi) is 4.07. The lowest BCUT2D eigenvalue weighted by atomic mass is 9.87. The molecule has 1 fully saturated rings. The quantitative estimate of drug-likeness (QED) is 0.729. The minimum absolute atomic E-state index is 0.236. The molecule has 0 radical (unpaired) electrons. The monoisotopic (exact) mass is 203 g/mol. The van der Waals surface area contributed by atoms with E-state index in [0.29, 0.717) is 11.5 Å². The van der Waals surface area contributed by atoms with Gasteiger partial charge in [-0.2, -0.15) is 11.8 Å². The Morgan fingerprint density at radius 1 is 1.62 bits per heavy atom. The lowest BCUT2D eigenvalue weighted by Gasteiger charge is -2.36. The van der Waals surface area contributed by atoms with Gasteiger partial charge < -0.3 is 10.4 Å². The molecular formula is C10H21NOS. The molecule has 0 aromatic rings. The van der Waals surface area contributed by atoms with Crippen molar-refractivity contribution in [1.82, 2.24) is 5.32 Å². The topological polar surface area (TPSA) is 32.3 Å². The summed E-state index contributed by atoms with van der Waals surface area (Å²) in [6, 6.07) is 0.815. The second-order valence-corrected chi connectivity index (χ2v) is 5.86. The summed E-state index contributed by atoms with van der Waals surface area (Å²) in [4.78, 5) is 0. The van der Waals surface area contributed by atoms with Crippen LogP contribution in [-0.4, -0.2) is 35.3 Å². The number of rotatable bonds is 3. The van der Waals surface area contributed by atoms with Crippen molar-refractivity contribution in [2.24, 2.45) is 5.41 Å². The van der Waals surface area contributed by atoms with E-state index in [4.69, 9.17) is 5.11 Å². The minimum atomic E-state index is 0.236. The van der Waals surface area contributed by atoms with Crippen LogP contribution >= 0.6 is 11.8 Å². The van der Waals surface area contributed by atoms with E-state index in [-0.39, 0.29) is 12.6 Å². The van der Waals surface area contributed by atoms with Gasteiger partial charge in [-0.3, -0.25) is 0 Å². The van der Waals surface area contributed by atoms with Gasteiger partial charge in [-0.15, -0.1) is 0 Å². The first-order valence-corrected chi connectivity index (χ1v) is 6.13. The highest BCUT2D eigenvalue weighted by Crippen LogP contribution is 2.33. The summed E-state index contributed by atoms with van der Waals surface area (Å²) in [5.41, 5.74) is 0.454. The molecule has 1 saturated heterocycles. The van der Waals surface area contributed by atoms with Crippen molar-refractivity contribution in [3.05, 3.63) is 0 Å². The van der Waals surface area contributed by atoms with Gasteiger partial charge in [-0.25, -0.2) is 0 Å². The first-order chi connectivity index (χ1) is 6.03. The molecule has 2 nitrogen and oxygen atoms in total. The van der Waals surface area contributed by atoms with Gasteiger partial charge in [0.25, 0.3) is 0 Å². The van der Waals surface area contributed by atoms with Crippen LogP contribution in [-0.2, 0) is 0 Å². The van der Waals surface area contributed by atoms with Crippen molar-refractivity contribution < 1.29 is 5.11 Å². The van der Waals surface area contributed by atoms with Gasteiger partial charge in [-0.1, -0.05) is 13.8 Å². The summed E-state index contributed by atoms with van der Waals surface area (Å²) in [5, 5.41) is 12.4. The predicted molar refractivity (Wildman–Crippen MR) is 59.2 cm³/mol. The number of nitrogens with one attached hydrogen (secondary N) is 1. The molecule has 2 unspecified atom stereocenters. The molecule has 0 spiro atoms. The number of hydrogen-bond acceptors (Lipinski definition) is 3. The average Bonchev–Trinajstić information content (AvgIpc) is 2.02. The summed E-state index contributed by atoms with van der Waals surface area (Å²) in [7, 11) is 0. The standard InChI is InChI=1S/C10H21NOS/c1-8(5-12)11-9-4-10(2,3)7-13-6-9/h8-9,11-12H,4-7H2,1-3H3. The third kappa shape index (κ3) is 3.88. The maximum absolute atomic E-state index is 8.93. The van der Waals surface area contributed by atoms with E-state index in [0.717, 1.165) is 0 Å². The fourth-order valence-corrected chi connectivity index (χ4v) is 3.11. The highest BCUT2D eigenvalue weighted by Gasteiger charge is 2.28. The molecule has 0 aliphatic carbocycles. The maximum Gasteiger partial charge on any atom is 0.0582 e. The SMILES string of the molecule is CC(CO)NC1CSCC(C)(C)C1. The van der Waals surface area contributed by atoms with Gasteiger partial charge in [0, 0.05) is 17.8 Å². The fraction of sp³-hybridized carbons (Fsp3) is 1.00. The lowest BCUT2D eigenvalue weighted by molar-refractivity contribution is 0.226. The molecule has 1 rings (SSSR count). The largest absolute Gasteiger partial charge is 0.395 e. The summed E-state index contributed by atoms with van der Waals surface area (Å²) in [6.45, 7) is 6.91. The van der Waals surface area contributed by atoms with E-state index in [1.165, 1.54) is 17.9 Å². The maximum atomic E-state index is 8.93. The lowest BCUT2D eigenvalue weighted by Crippen LogP contribution is -2.45. The molecule has 13 heavy (non-hydrogen) atoms. The van der Waals surface area contributed by atoms with Crippen LogP contribution in [0.15, 0.2) is 0 Å². The third-order valence-corrected chi connectivity index (χ3v) is 4.03. The van der Waals surface area contributed by atoms with Crippen LogP contribution in [0.5, 0.6) is 0 Å². The number of aliphatic hydroxyl groups is 1. The Bertz CT molecular complexity index is 161. The van der Waals surface area contributed by atoms with Crippen LogP contribution in [0, 0.1) is 5.41 Å². The average molecular weight is 203 g/mol. The molecule has 2 N–H and O–H groups in total. The van der Waals surface area contributed by atoms with Crippen LogP contribution in [0.4, 0.5) is 0 Å². The van der Waals surface area contributed by atoms with E-state index in [1.807, 2.05) is 18.7 Å². The summed E-state index contributed by atoms with van der Waals surface area (Å²) < 4.78 is 0. The summed E-state index contributed by atoms with van der Waals surface area (Å²) in [6.07, 6.45) is 1.23. The molecule has 3 heteroatoms. The molecule has 0 amide bonds. The number of hydrogen-bond donors (Lipinski definition) is 2. The van der Waals surface area contributed by atoms with Crippen LogP contribution in [0.2, 0.25) is 0 Å². The molecule has 78 valence electrons. The van der Waals surface area contributed by atoms with Crippen LogP contribution in [0.1, 0.15) is 27.2 Å². The fourth-order valence-electron chi connectivity index (χ4n) is 1.82. The molecule has 0 saturated carbocycles. The molecule has 0 aromatic heterocycles. The van der Waals surface area contributed by atoms with Crippen molar-refractivity contribution in [3.8, 4) is 0 Å². The first-order valence-electron chi connectivity index (χ1n) is 4.98. The molecule has 0 aromatic carbocycles. The second-order valence-electron chi connectivity index (χ2n) is 4.83. The molecule has 2 atom stereocenters. The molecule has 0 bridgehead atoms. The van der Waals surface area contributed by atoms with E-state index >= 15 is 0 Å². The van der Waals surface area contributed by atoms with E-state index < -0.39 is 0 Å². The smallest absolute Gasteiger partial charge is 0.0582 e. The van der Waals surface area contributed by atoms with Gasteiger partial charge in [0.15, 0.2) is 0 Å². The van der Waals surface area contributed by atoms with Crippen LogP contribution in [0.3, 0.4) is 0 Å².